The molecule has 1 unspecified atom stereocenters. The summed E-state index contributed by atoms with van der Waals surface area (Å²) < 4.78 is 41.3. The van der Waals surface area contributed by atoms with E-state index in [1.54, 1.807) is 11.9 Å². The summed E-state index contributed by atoms with van der Waals surface area (Å²) in [6.45, 7) is 6.89. The molecule has 0 radical (unpaired) electrons. The first-order valence-corrected chi connectivity index (χ1v) is 6.42. The van der Waals surface area contributed by atoms with Crippen molar-refractivity contribution in [3.63, 3.8) is 0 Å². The fourth-order valence-corrected chi connectivity index (χ4v) is 1.43. The Labute approximate surface area is 108 Å². The molecule has 0 aromatic heterocycles. The molecule has 0 aliphatic carbocycles. The SMILES string of the molecule is CCOCCCNCC(C)N(C)CCC(F)(F)F. The van der Waals surface area contributed by atoms with Gasteiger partial charge in [-0.2, -0.15) is 13.2 Å². The predicted octanol–water partition coefficient (Wildman–Crippen LogP) is 2.28. The molecule has 1 N–H and O–H groups in total. The Hall–Kier alpha value is -0.330. The number of nitrogens with one attached hydrogen (secondary N) is 1. The van der Waals surface area contributed by atoms with Crippen molar-refractivity contribution >= 4 is 0 Å². The highest BCUT2D eigenvalue weighted by atomic mass is 19.4. The summed E-state index contributed by atoms with van der Waals surface area (Å²) in [7, 11) is 1.72. The second-order valence-corrected chi connectivity index (χ2v) is 4.45. The minimum absolute atomic E-state index is 0.0469. The maximum atomic E-state index is 12.0. The molecule has 0 saturated heterocycles. The van der Waals surface area contributed by atoms with Gasteiger partial charge < -0.3 is 15.0 Å². The van der Waals surface area contributed by atoms with Crippen LogP contribution in [0.3, 0.4) is 0 Å². The number of hydrogen-bond acceptors (Lipinski definition) is 3. The van der Waals surface area contributed by atoms with Crippen molar-refractivity contribution in [3.8, 4) is 0 Å². The van der Waals surface area contributed by atoms with Crippen molar-refractivity contribution in [1.82, 2.24) is 10.2 Å². The van der Waals surface area contributed by atoms with Gasteiger partial charge in [0, 0.05) is 32.3 Å². The lowest BCUT2D eigenvalue weighted by molar-refractivity contribution is -0.138. The third kappa shape index (κ3) is 10.8. The Morgan fingerprint density at radius 1 is 1.33 bits per heavy atom. The lowest BCUT2D eigenvalue weighted by Crippen LogP contribution is -2.39. The van der Waals surface area contributed by atoms with E-state index in [-0.39, 0.29) is 12.6 Å². The number of rotatable bonds is 10. The molecule has 0 saturated carbocycles. The average Bonchev–Trinajstić information content (AvgIpc) is 2.29. The van der Waals surface area contributed by atoms with Crippen molar-refractivity contribution in [1.29, 1.82) is 0 Å². The van der Waals surface area contributed by atoms with E-state index < -0.39 is 12.6 Å². The fourth-order valence-electron chi connectivity index (χ4n) is 1.43. The Balaban J connectivity index is 3.53. The zero-order valence-electron chi connectivity index (χ0n) is 11.5. The van der Waals surface area contributed by atoms with Crippen molar-refractivity contribution in [2.45, 2.75) is 38.9 Å². The highest BCUT2D eigenvalue weighted by Crippen LogP contribution is 2.19. The Kier molecular flexibility index (Phi) is 9.40. The van der Waals surface area contributed by atoms with Crippen LogP contribution >= 0.6 is 0 Å². The quantitative estimate of drug-likeness (QED) is 0.616. The molecule has 0 rings (SSSR count). The summed E-state index contributed by atoms with van der Waals surface area (Å²) in [6.07, 6.45) is -3.90. The molecule has 0 spiro atoms. The normalized spacial score (nSPS) is 14.2. The molecule has 0 fully saturated rings. The standard InChI is InChI=1S/C12H25F3N2O/c1-4-18-9-5-7-16-10-11(2)17(3)8-6-12(13,14)15/h11,16H,4-10H2,1-3H3. The van der Waals surface area contributed by atoms with Gasteiger partial charge in [0.05, 0.1) is 6.42 Å². The van der Waals surface area contributed by atoms with Gasteiger partial charge in [-0.05, 0) is 33.9 Å². The number of nitrogens with zero attached hydrogens (tertiary/aromatic N) is 1. The number of hydrogen-bond donors (Lipinski definition) is 1. The van der Waals surface area contributed by atoms with Gasteiger partial charge >= 0.3 is 6.18 Å². The first kappa shape index (κ1) is 17.7. The van der Waals surface area contributed by atoms with Crippen LogP contribution in [-0.4, -0.2) is 57.0 Å². The summed E-state index contributed by atoms with van der Waals surface area (Å²) >= 11 is 0. The molecule has 0 aromatic rings. The molecule has 0 heterocycles. The van der Waals surface area contributed by atoms with Crippen LogP contribution < -0.4 is 5.32 Å². The van der Waals surface area contributed by atoms with Crippen molar-refractivity contribution < 1.29 is 17.9 Å². The monoisotopic (exact) mass is 270 g/mol. The van der Waals surface area contributed by atoms with E-state index in [1.165, 1.54) is 0 Å². The molecule has 1 atom stereocenters. The van der Waals surface area contributed by atoms with Gasteiger partial charge in [0.15, 0.2) is 0 Å². The van der Waals surface area contributed by atoms with Gasteiger partial charge in [-0.25, -0.2) is 0 Å². The lowest BCUT2D eigenvalue weighted by atomic mass is 10.2. The molecule has 0 aliphatic rings. The first-order chi connectivity index (χ1) is 8.37. The van der Waals surface area contributed by atoms with E-state index in [0.717, 1.165) is 26.2 Å². The Morgan fingerprint density at radius 3 is 2.56 bits per heavy atom. The summed E-state index contributed by atoms with van der Waals surface area (Å²) in [4.78, 5) is 1.73. The van der Waals surface area contributed by atoms with E-state index in [9.17, 15) is 13.2 Å². The lowest BCUT2D eigenvalue weighted by Gasteiger charge is -2.25. The highest BCUT2D eigenvalue weighted by Gasteiger charge is 2.27. The van der Waals surface area contributed by atoms with Crippen LogP contribution in [0.1, 0.15) is 26.7 Å². The van der Waals surface area contributed by atoms with Crippen LogP contribution in [0, 0.1) is 0 Å². The number of halogens is 3. The van der Waals surface area contributed by atoms with E-state index in [1.807, 2.05) is 13.8 Å². The maximum Gasteiger partial charge on any atom is 0.390 e. The van der Waals surface area contributed by atoms with Gasteiger partial charge in [-0.1, -0.05) is 0 Å². The third-order valence-electron chi connectivity index (χ3n) is 2.79. The van der Waals surface area contributed by atoms with Gasteiger partial charge in [-0.3, -0.25) is 0 Å². The van der Waals surface area contributed by atoms with Crippen molar-refractivity contribution in [2.24, 2.45) is 0 Å². The van der Waals surface area contributed by atoms with E-state index >= 15 is 0 Å². The second kappa shape index (κ2) is 9.58. The minimum atomic E-state index is -4.07. The van der Waals surface area contributed by atoms with Gasteiger partial charge in [0.2, 0.25) is 0 Å². The number of likely N-dealkylation sites (N-methyl/N-ethyl adjacent to an activating group) is 1. The van der Waals surface area contributed by atoms with Gasteiger partial charge in [0.1, 0.15) is 0 Å². The van der Waals surface area contributed by atoms with Crippen LogP contribution in [0.25, 0.3) is 0 Å². The molecule has 0 aliphatic heterocycles. The molecule has 110 valence electrons. The zero-order chi connectivity index (χ0) is 14.0. The van der Waals surface area contributed by atoms with Crippen LogP contribution in [0.2, 0.25) is 0 Å². The largest absolute Gasteiger partial charge is 0.390 e. The Bertz CT molecular complexity index is 200. The third-order valence-corrected chi connectivity index (χ3v) is 2.79. The minimum Gasteiger partial charge on any atom is -0.382 e. The first-order valence-electron chi connectivity index (χ1n) is 6.42. The van der Waals surface area contributed by atoms with E-state index in [0.29, 0.717) is 6.54 Å². The van der Waals surface area contributed by atoms with E-state index in [4.69, 9.17) is 4.74 Å². The second-order valence-electron chi connectivity index (χ2n) is 4.45. The van der Waals surface area contributed by atoms with Crippen LogP contribution in [0.5, 0.6) is 0 Å². The smallest absolute Gasteiger partial charge is 0.382 e. The summed E-state index contributed by atoms with van der Waals surface area (Å²) in [5.74, 6) is 0. The summed E-state index contributed by atoms with van der Waals surface area (Å²) in [6, 6.07) is 0.0967. The predicted molar refractivity (Wildman–Crippen MR) is 66.7 cm³/mol. The van der Waals surface area contributed by atoms with Gasteiger partial charge in [-0.15, -0.1) is 0 Å². The van der Waals surface area contributed by atoms with E-state index in [2.05, 4.69) is 5.32 Å². The molecule has 3 nitrogen and oxygen atoms in total. The summed E-state index contributed by atoms with van der Waals surface area (Å²) in [5, 5.41) is 3.22. The fraction of sp³-hybridized carbons (Fsp3) is 1.00. The highest BCUT2D eigenvalue weighted by molar-refractivity contribution is 4.67. The topological polar surface area (TPSA) is 24.5 Å². The number of alkyl halides is 3. The Morgan fingerprint density at radius 2 is 2.00 bits per heavy atom. The van der Waals surface area contributed by atoms with Crippen molar-refractivity contribution in [3.05, 3.63) is 0 Å². The van der Waals surface area contributed by atoms with Crippen molar-refractivity contribution in [2.75, 3.05) is 39.9 Å². The molecule has 18 heavy (non-hydrogen) atoms. The maximum absolute atomic E-state index is 12.0. The molecular weight excluding hydrogens is 245 g/mol. The average molecular weight is 270 g/mol. The molecule has 6 heteroatoms. The van der Waals surface area contributed by atoms with Crippen LogP contribution in [0.15, 0.2) is 0 Å². The number of ether oxygens (including phenoxy) is 1. The zero-order valence-corrected chi connectivity index (χ0v) is 11.5. The van der Waals surface area contributed by atoms with Crippen LogP contribution in [-0.2, 0) is 4.74 Å². The summed E-state index contributed by atoms with van der Waals surface area (Å²) in [5.41, 5.74) is 0. The molecule has 0 amide bonds. The molecular formula is C12H25F3N2O. The van der Waals surface area contributed by atoms with Gasteiger partial charge in [0.25, 0.3) is 0 Å². The van der Waals surface area contributed by atoms with Crippen LogP contribution in [0.4, 0.5) is 13.2 Å². The molecule has 0 bridgehead atoms. The molecule has 0 aromatic carbocycles.